The number of nitrogens with zero attached hydrogens (tertiary/aromatic N) is 4. The van der Waals surface area contributed by atoms with Crippen molar-refractivity contribution in [2.75, 3.05) is 0 Å². The van der Waals surface area contributed by atoms with Gasteiger partial charge in [-0.15, -0.1) is 5.10 Å². The largest absolute Gasteiger partial charge is 0.277 e. The molecule has 3 aromatic rings. The fourth-order valence-electron chi connectivity index (χ4n) is 1.97. The summed E-state index contributed by atoms with van der Waals surface area (Å²) in [6.45, 7) is 0. The van der Waals surface area contributed by atoms with E-state index in [0.717, 1.165) is 16.8 Å². The predicted molar refractivity (Wildman–Crippen MR) is 72.9 cm³/mol. The van der Waals surface area contributed by atoms with Gasteiger partial charge in [0, 0.05) is 18.7 Å². The molecular weight excluding hydrogens is 302 g/mol. The summed E-state index contributed by atoms with van der Waals surface area (Å²) in [6, 6.07) is 4.35. The smallest absolute Gasteiger partial charge is 0.267 e. The lowest BCUT2D eigenvalue weighted by molar-refractivity contribution is 0.585. The molecule has 0 spiro atoms. The van der Waals surface area contributed by atoms with Gasteiger partial charge in [-0.1, -0.05) is 16.8 Å². The third kappa shape index (κ3) is 2.25. The average molecular weight is 309 g/mol. The summed E-state index contributed by atoms with van der Waals surface area (Å²) in [7, 11) is 1.43. The first kappa shape index (κ1) is 13.6. The van der Waals surface area contributed by atoms with Gasteiger partial charge in [-0.25, -0.2) is 18.4 Å². The van der Waals surface area contributed by atoms with Crippen LogP contribution in [0, 0.1) is 11.6 Å². The van der Waals surface area contributed by atoms with Crippen molar-refractivity contribution in [1.82, 2.24) is 20.0 Å². The number of aryl methyl sites for hydroxylation is 1. The SMILES string of the molecule is Cn1nnc2c(-c3ccc(F)cc3F)nc(Cl)cc2c1=O. The zero-order chi connectivity index (χ0) is 15.1. The molecule has 0 atom stereocenters. The standard InChI is InChI=1S/C13H7ClF2N4O/c1-20-13(21)8-5-10(14)17-11(12(8)18-19-20)7-3-2-6(15)4-9(7)16/h2-5H,1H3. The fraction of sp³-hybridized carbons (Fsp3) is 0.0769. The lowest BCUT2D eigenvalue weighted by atomic mass is 10.1. The number of benzene rings is 1. The Morgan fingerprint density at radius 3 is 2.71 bits per heavy atom. The summed E-state index contributed by atoms with van der Waals surface area (Å²) in [4.78, 5) is 16.0. The highest BCUT2D eigenvalue weighted by atomic mass is 35.5. The van der Waals surface area contributed by atoms with Gasteiger partial charge in [-0.3, -0.25) is 4.79 Å². The molecular formula is C13H7ClF2N4O. The molecule has 0 aliphatic rings. The minimum atomic E-state index is -0.825. The van der Waals surface area contributed by atoms with Crippen LogP contribution in [-0.2, 0) is 7.05 Å². The van der Waals surface area contributed by atoms with Crippen molar-refractivity contribution in [3.8, 4) is 11.3 Å². The Hall–Kier alpha value is -2.41. The first-order chi connectivity index (χ1) is 9.97. The van der Waals surface area contributed by atoms with E-state index < -0.39 is 17.2 Å². The molecule has 0 saturated carbocycles. The Kier molecular flexibility index (Phi) is 3.13. The van der Waals surface area contributed by atoms with Gasteiger partial charge in [0.05, 0.1) is 5.39 Å². The number of halogens is 3. The highest BCUT2D eigenvalue weighted by Gasteiger charge is 2.16. The van der Waals surface area contributed by atoms with E-state index >= 15 is 0 Å². The second-order valence-electron chi connectivity index (χ2n) is 4.33. The maximum Gasteiger partial charge on any atom is 0.277 e. The van der Waals surface area contributed by atoms with E-state index in [2.05, 4.69) is 15.3 Å². The predicted octanol–water partition coefficient (Wildman–Crippen LogP) is 2.32. The second kappa shape index (κ2) is 4.85. The van der Waals surface area contributed by atoms with E-state index in [1.54, 1.807) is 0 Å². The number of hydrogen-bond acceptors (Lipinski definition) is 4. The molecule has 0 radical (unpaired) electrons. The number of rotatable bonds is 1. The molecule has 5 nitrogen and oxygen atoms in total. The van der Waals surface area contributed by atoms with Gasteiger partial charge >= 0.3 is 0 Å². The highest BCUT2D eigenvalue weighted by Crippen LogP contribution is 2.28. The molecule has 8 heteroatoms. The Bertz CT molecular complexity index is 926. The zero-order valence-electron chi connectivity index (χ0n) is 10.6. The van der Waals surface area contributed by atoms with Crippen LogP contribution in [0.3, 0.4) is 0 Å². The van der Waals surface area contributed by atoms with Crippen LogP contribution in [0.5, 0.6) is 0 Å². The summed E-state index contributed by atoms with van der Waals surface area (Å²) in [5, 5.41) is 7.66. The molecule has 2 heterocycles. The van der Waals surface area contributed by atoms with Crippen molar-refractivity contribution in [1.29, 1.82) is 0 Å². The van der Waals surface area contributed by atoms with Gasteiger partial charge in [0.15, 0.2) is 0 Å². The maximum absolute atomic E-state index is 13.9. The third-order valence-corrected chi connectivity index (χ3v) is 3.14. The van der Waals surface area contributed by atoms with E-state index in [-0.39, 0.29) is 27.3 Å². The minimum Gasteiger partial charge on any atom is -0.267 e. The lowest BCUT2D eigenvalue weighted by Crippen LogP contribution is -2.21. The minimum absolute atomic E-state index is 0.00586. The lowest BCUT2D eigenvalue weighted by Gasteiger charge is -2.07. The number of fused-ring (bicyclic) bond motifs is 1. The number of hydrogen-bond donors (Lipinski definition) is 0. The van der Waals surface area contributed by atoms with Crippen LogP contribution in [0.4, 0.5) is 8.78 Å². The molecule has 0 fully saturated rings. The van der Waals surface area contributed by atoms with E-state index in [0.29, 0.717) is 0 Å². The monoisotopic (exact) mass is 308 g/mol. The van der Waals surface area contributed by atoms with Gasteiger partial charge in [0.25, 0.3) is 5.56 Å². The summed E-state index contributed by atoms with van der Waals surface area (Å²) < 4.78 is 28.0. The summed E-state index contributed by atoms with van der Waals surface area (Å²) in [6.07, 6.45) is 0. The number of pyridine rings is 1. The number of aromatic nitrogens is 4. The molecule has 0 amide bonds. The van der Waals surface area contributed by atoms with Crippen LogP contribution in [0.1, 0.15) is 0 Å². The normalized spacial score (nSPS) is 11.0. The first-order valence-corrected chi connectivity index (χ1v) is 6.21. The van der Waals surface area contributed by atoms with Crippen molar-refractivity contribution in [3.63, 3.8) is 0 Å². The van der Waals surface area contributed by atoms with Crippen LogP contribution >= 0.6 is 11.6 Å². The van der Waals surface area contributed by atoms with E-state index in [1.165, 1.54) is 19.2 Å². The van der Waals surface area contributed by atoms with Crippen LogP contribution in [0.2, 0.25) is 5.15 Å². The van der Waals surface area contributed by atoms with E-state index in [4.69, 9.17) is 11.6 Å². The Balaban J connectivity index is 2.42. The maximum atomic E-state index is 13.9. The Morgan fingerprint density at radius 2 is 2.00 bits per heavy atom. The Labute approximate surface area is 121 Å². The molecule has 0 N–H and O–H groups in total. The van der Waals surface area contributed by atoms with Gasteiger partial charge in [-0.05, 0) is 18.2 Å². The van der Waals surface area contributed by atoms with Crippen LogP contribution in [0.25, 0.3) is 22.2 Å². The van der Waals surface area contributed by atoms with E-state index in [9.17, 15) is 13.6 Å². The molecule has 2 aromatic heterocycles. The van der Waals surface area contributed by atoms with Gasteiger partial charge in [0.1, 0.15) is 28.0 Å². The van der Waals surface area contributed by atoms with Gasteiger partial charge in [-0.2, -0.15) is 0 Å². The second-order valence-corrected chi connectivity index (χ2v) is 4.72. The fourth-order valence-corrected chi connectivity index (χ4v) is 2.16. The first-order valence-electron chi connectivity index (χ1n) is 5.83. The van der Waals surface area contributed by atoms with Crippen LogP contribution < -0.4 is 5.56 Å². The average Bonchev–Trinajstić information content (AvgIpc) is 2.43. The van der Waals surface area contributed by atoms with Crippen LogP contribution in [-0.4, -0.2) is 20.0 Å². The van der Waals surface area contributed by atoms with Crippen molar-refractivity contribution >= 4 is 22.5 Å². The Morgan fingerprint density at radius 1 is 1.24 bits per heavy atom. The summed E-state index contributed by atoms with van der Waals surface area (Å²) >= 11 is 5.88. The van der Waals surface area contributed by atoms with Gasteiger partial charge in [0.2, 0.25) is 0 Å². The van der Waals surface area contributed by atoms with E-state index in [1.807, 2.05) is 0 Å². The molecule has 0 saturated heterocycles. The van der Waals surface area contributed by atoms with Gasteiger partial charge < -0.3 is 0 Å². The molecule has 0 aliphatic heterocycles. The zero-order valence-corrected chi connectivity index (χ0v) is 11.4. The van der Waals surface area contributed by atoms with Crippen molar-refractivity contribution in [3.05, 3.63) is 51.4 Å². The van der Waals surface area contributed by atoms with Crippen molar-refractivity contribution in [2.24, 2.45) is 7.05 Å². The summed E-state index contributed by atoms with van der Waals surface area (Å²) in [5.41, 5.74) is -0.298. The molecule has 0 unspecified atom stereocenters. The third-order valence-electron chi connectivity index (χ3n) is 2.95. The molecule has 106 valence electrons. The summed E-state index contributed by atoms with van der Waals surface area (Å²) in [5.74, 6) is -1.54. The molecule has 3 rings (SSSR count). The highest BCUT2D eigenvalue weighted by molar-refractivity contribution is 6.30. The topological polar surface area (TPSA) is 60.7 Å². The molecule has 0 aliphatic carbocycles. The van der Waals surface area contributed by atoms with Crippen molar-refractivity contribution in [2.45, 2.75) is 0 Å². The van der Waals surface area contributed by atoms with Crippen LogP contribution in [0.15, 0.2) is 29.1 Å². The van der Waals surface area contributed by atoms with Crippen molar-refractivity contribution < 1.29 is 8.78 Å². The quantitative estimate of drug-likeness (QED) is 0.647. The molecule has 21 heavy (non-hydrogen) atoms. The molecule has 1 aromatic carbocycles. The molecule has 0 bridgehead atoms.